The van der Waals surface area contributed by atoms with E-state index in [-0.39, 0.29) is 0 Å². The molecule has 10 heteroatoms. The highest BCUT2D eigenvalue weighted by Gasteiger charge is 2.10. The molecule has 0 fully saturated rings. The number of hydrogen-bond acceptors (Lipinski definition) is 6. The van der Waals surface area contributed by atoms with E-state index in [0.717, 1.165) is 40.4 Å². The first kappa shape index (κ1) is 26.5. The fourth-order valence-electron chi connectivity index (χ4n) is 2.77. The number of primary amides is 1. The number of halogens is 2. The van der Waals surface area contributed by atoms with Gasteiger partial charge in [-0.25, -0.2) is 8.78 Å². The molecule has 0 atom stereocenters. The van der Waals surface area contributed by atoms with Crippen molar-refractivity contribution in [3.05, 3.63) is 82.7 Å². The maximum absolute atomic E-state index is 11.3. The van der Waals surface area contributed by atoms with Gasteiger partial charge in [-0.3, -0.25) is 14.3 Å². The van der Waals surface area contributed by atoms with E-state index in [0.29, 0.717) is 17.1 Å². The molecule has 4 rings (SSSR count). The smallest absolute Gasteiger partial charge is 0.252 e. The van der Waals surface area contributed by atoms with Crippen LogP contribution >= 0.6 is 11.3 Å². The van der Waals surface area contributed by atoms with Gasteiger partial charge in [0.2, 0.25) is 6.43 Å². The summed E-state index contributed by atoms with van der Waals surface area (Å²) in [6, 6.07) is 8.77. The van der Waals surface area contributed by atoms with Crippen LogP contribution in [-0.2, 0) is 7.05 Å². The number of aryl methyl sites for hydroxylation is 1. The van der Waals surface area contributed by atoms with Gasteiger partial charge in [-0.05, 0) is 43.4 Å². The van der Waals surface area contributed by atoms with E-state index in [1.165, 1.54) is 11.3 Å². The predicted molar refractivity (Wildman–Crippen MR) is 130 cm³/mol. The van der Waals surface area contributed by atoms with Crippen LogP contribution in [0.15, 0.2) is 72.3 Å². The second-order valence-corrected chi connectivity index (χ2v) is 7.96. The summed E-state index contributed by atoms with van der Waals surface area (Å²) in [5.74, 6) is 0.631. The summed E-state index contributed by atoms with van der Waals surface area (Å²) in [4.78, 5) is 23.5. The van der Waals surface area contributed by atoms with Gasteiger partial charge in [0.25, 0.3) is 5.91 Å². The molecule has 1 aromatic carbocycles. The molecular weight excluding hydrogens is 462 g/mol. The Balaban J connectivity index is 0.000000228. The fraction of sp³-hybridized carbons (Fsp3) is 0.208. The van der Waals surface area contributed by atoms with Crippen molar-refractivity contribution in [3.8, 4) is 5.75 Å². The van der Waals surface area contributed by atoms with Crippen LogP contribution in [0.25, 0.3) is 10.2 Å². The van der Waals surface area contributed by atoms with Crippen molar-refractivity contribution in [1.82, 2.24) is 15.1 Å². The van der Waals surface area contributed by atoms with Crippen LogP contribution in [0.1, 0.15) is 33.4 Å². The average molecular weight is 489 g/mol. The number of nitrogens with two attached hydrogens (primary N) is 1. The zero-order valence-corrected chi connectivity index (χ0v) is 19.8. The molecule has 180 valence electrons. The lowest BCUT2D eigenvalue weighted by Gasteiger charge is -2.08. The Morgan fingerprint density at radius 1 is 1.32 bits per heavy atom. The van der Waals surface area contributed by atoms with Gasteiger partial charge in [0.05, 0.1) is 16.6 Å². The van der Waals surface area contributed by atoms with E-state index in [1.54, 1.807) is 35.1 Å². The van der Waals surface area contributed by atoms with Gasteiger partial charge in [0.15, 0.2) is 6.29 Å². The maximum atomic E-state index is 11.3. The third kappa shape index (κ3) is 7.96. The molecule has 0 spiro atoms. The number of rotatable bonds is 5. The predicted octanol–water partition coefficient (Wildman–Crippen LogP) is 4.83. The summed E-state index contributed by atoms with van der Waals surface area (Å²) in [6.07, 6.45) is 8.95. The molecule has 34 heavy (non-hydrogen) atoms. The molecule has 3 aromatic rings. The average Bonchev–Trinajstić information content (AvgIpc) is 3.28. The van der Waals surface area contributed by atoms with Gasteiger partial charge in [0, 0.05) is 31.6 Å². The van der Waals surface area contributed by atoms with Crippen molar-refractivity contribution in [1.29, 1.82) is 0 Å². The number of aldehydes is 1. The SMILES string of the molecule is CC(F)F.CNC1=CC=C(Oc2ccccc2C(N)=O)C=CC1.Cn1ncc2cc(C=O)sc21. The molecule has 2 aromatic heterocycles. The Hall–Kier alpha value is -3.79. The largest absolute Gasteiger partial charge is 0.457 e. The molecular formula is C24H26F2N4O3S. The van der Waals surface area contributed by atoms with Crippen LogP contribution in [0, 0.1) is 0 Å². The standard InChI is InChI=1S/C15H16N2O2.C7H6N2OS.C2H4F2/c1-17-11-5-4-6-12(10-9-11)19-14-8-3-2-7-13(14)15(16)18;1-9-7-5(3-8-9)2-6(4-10)11-7;1-2(3)4/h2-4,6-10,17H,5H2,1H3,(H2,16,18);2-4H,1H3;2H,1H3. The van der Waals surface area contributed by atoms with Gasteiger partial charge >= 0.3 is 0 Å². The van der Waals surface area contributed by atoms with Crippen LogP contribution in [0.5, 0.6) is 5.75 Å². The number of carbonyl (C=O) groups is 2. The van der Waals surface area contributed by atoms with Crippen molar-refractivity contribution in [3.63, 3.8) is 0 Å². The first-order chi connectivity index (χ1) is 16.2. The number of fused-ring (bicyclic) bond motifs is 1. The number of allylic oxidation sites excluding steroid dienone is 4. The van der Waals surface area contributed by atoms with Crippen LogP contribution in [-0.4, -0.2) is 35.4 Å². The van der Waals surface area contributed by atoms with Gasteiger partial charge in [0.1, 0.15) is 16.3 Å². The molecule has 3 N–H and O–H groups in total. The summed E-state index contributed by atoms with van der Waals surface area (Å²) in [5, 5.41) is 8.18. The summed E-state index contributed by atoms with van der Waals surface area (Å²) in [7, 11) is 3.75. The first-order valence-electron chi connectivity index (χ1n) is 10.2. The molecule has 0 bridgehead atoms. The molecule has 2 heterocycles. The Bertz CT molecular complexity index is 1210. The molecule has 1 aliphatic carbocycles. The van der Waals surface area contributed by atoms with Gasteiger partial charge < -0.3 is 15.8 Å². The molecule has 0 aliphatic heterocycles. The summed E-state index contributed by atoms with van der Waals surface area (Å²) in [6.45, 7) is 0.833. The second kappa shape index (κ2) is 13.0. The number of para-hydroxylation sites is 1. The van der Waals surface area contributed by atoms with E-state index in [4.69, 9.17) is 10.5 Å². The van der Waals surface area contributed by atoms with Crippen LogP contribution in [0.4, 0.5) is 8.78 Å². The molecule has 0 saturated heterocycles. The number of carbonyl (C=O) groups excluding carboxylic acids is 2. The van der Waals surface area contributed by atoms with Crippen molar-refractivity contribution < 1.29 is 23.1 Å². The van der Waals surface area contributed by atoms with E-state index in [2.05, 4.69) is 10.4 Å². The Kier molecular flexibility index (Phi) is 10.2. The minimum atomic E-state index is -2.17. The van der Waals surface area contributed by atoms with E-state index >= 15 is 0 Å². The zero-order chi connectivity index (χ0) is 25.1. The highest BCUT2D eigenvalue weighted by atomic mass is 32.1. The zero-order valence-electron chi connectivity index (χ0n) is 19.0. The molecule has 7 nitrogen and oxygen atoms in total. The number of thiophene rings is 1. The number of amides is 1. The van der Waals surface area contributed by atoms with Crippen LogP contribution < -0.4 is 15.8 Å². The Labute approximate surface area is 200 Å². The van der Waals surface area contributed by atoms with Gasteiger partial charge in [-0.2, -0.15) is 5.10 Å². The van der Waals surface area contributed by atoms with Gasteiger partial charge in [-0.1, -0.05) is 18.2 Å². The number of aromatic nitrogens is 2. The number of ether oxygens (including phenoxy) is 1. The third-order valence-electron chi connectivity index (χ3n) is 4.31. The van der Waals surface area contributed by atoms with E-state index < -0.39 is 12.3 Å². The molecule has 0 saturated carbocycles. The lowest BCUT2D eigenvalue weighted by molar-refractivity contribution is 0.0997. The lowest BCUT2D eigenvalue weighted by atomic mass is 10.2. The number of nitrogens with zero attached hydrogens (tertiary/aromatic N) is 2. The monoisotopic (exact) mass is 488 g/mol. The normalized spacial score (nSPS) is 12.4. The summed E-state index contributed by atoms with van der Waals surface area (Å²) >= 11 is 1.46. The van der Waals surface area contributed by atoms with Crippen molar-refractivity contribution >= 4 is 33.7 Å². The number of benzene rings is 1. The molecule has 1 aliphatic rings. The third-order valence-corrected chi connectivity index (χ3v) is 5.45. The van der Waals surface area contributed by atoms with Crippen molar-refractivity contribution in [2.45, 2.75) is 19.8 Å². The summed E-state index contributed by atoms with van der Waals surface area (Å²) in [5.41, 5.74) is 6.79. The Morgan fingerprint density at radius 2 is 2.03 bits per heavy atom. The van der Waals surface area contributed by atoms with Gasteiger partial charge in [-0.15, -0.1) is 11.3 Å². The summed E-state index contributed by atoms with van der Waals surface area (Å²) < 4.78 is 28.2. The van der Waals surface area contributed by atoms with E-state index in [1.807, 2.05) is 44.5 Å². The number of nitrogens with one attached hydrogen (secondary N) is 1. The van der Waals surface area contributed by atoms with Crippen molar-refractivity contribution in [2.75, 3.05) is 7.05 Å². The highest BCUT2D eigenvalue weighted by Crippen LogP contribution is 2.23. The number of hydrogen-bond donors (Lipinski definition) is 2. The van der Waals surface area contributed by atoms with Crippen LogP contribution in [0.3, 0.4) is 0 Å². The van der Waals surface area contributed by atoms with Crippen molar-refractivity contribution in [2.24, 2.45) is 12.8 Å². The maximum Gasteiger partial charge on any atom is 0.252 e. The second-order valence-electron chi connectivity index (χ2n) is 6.89. The minimum absolute atomic E-state index is 0.374. The molecule has 1 amide bonds. The lowest BCUT2D eigenvalue weighted by Crippen LogP contribution is -2.12. The topological polar surface area (TPSA) is 99.2 Å². The molecule has 0 radical (unpaired) electrons. The van der Waals surface area contributed by atoms with E-state index in [9.17, 15) is 18.4 Å². The van der Waals surface area contributed by atoms with Crippen LogP contribution in [0.2, 0.25) is 0 Å². The highest BCUT2D eigenvalue weighted by molar-refractivity contribution is 7.20. The fourth-order valence-corrected chi connectivity index (χ4v) is 3.63. The Morgan fingerprint density at radius 3 is 2.65 bits per heavy atom. The quantitative estimate of drug-likeness (QED) is 0.501. The minimum Gasteiger partial charge on any atom is -0.457 e. The number of alkyl halides is 2. The molecule has 0 unspecified atom stereocenters. The first-order valence-corrected chi connectivity index (χ1v) is 11.0.